The third kappa shape index (κ3) is 6.31. The summed E-state index contributed by atoms with van der Waals surface area (Å²) in [5.74, 6) is 1.67. The first-order valence-electron chi connectivity index (χ1n) is 11.0. The first kappa shape index (κ1) is 24.2. The molecule has 5 nitrogen and oxygen atoms in total. The lowest BCUT2D eigenvalue weighted by Crippen LogP contribution is -2.39. The minimum atomic E-state index is -0.177. The van der Waals surface area contributed by atoms with Crippen LogP contribution < -0.4 is 10.6 Å². The predicted molar refractivity (Wildman–Crippen MR) is 138 cm³/mol. The molecular formula is C25H31FIN5. The highest BCUT2D eigenvalue weighted by Gasteiger charge is 2.44. The molecule has 7 heteroatoms. The molecule has 0 aliphatic heterocycles. The lowest BCUT2D eigenvalue weighted by Gasteiger charge is -2.16. The first-order chi connectivity index (χ1) is 15.2. The summed E-state index contributed by atoms with van der Waals surface area (Å²) in [5.41, 5.74) is 2.29. The van der Waals surface area contributed by atoms with Crippen LogP contribution in [0.15, 0.2) is 72.0 Å². The molecule has 0 bridgehead atoms. The van der Waals surface area contributed by atoms with Crippen molar-refractivity contribution < 1.29 is 4.39 Å². The Bertz CT molecular complexity index is 1010. The zero-order chi connectivity index (χ0) is 21.5. The van der Waals surface area contributed by atoms with E-state index in [1.54, 1.807) is 12.1 Å². The number of nitrogens with zero attached hydrogens (tertiary/aromatic N) is 3. The largest absolute Gasteiger partial charge is 0.357 e. The van der Waals surface area contributed by atoms with Crippen LogP contribution in [0.5, 0.6) is 0 Å². The van der Waals surface area contributed by atoms with E-state index in [0.29, 0.717) is 6.54 Å². The molecule has 3 aromatic rings. The summed E-state index contributed by atoms with van der Waals surface area (Å²) in [6.45, 7) is 5.07. The van der Waals surface area contributed by atoms with E-state index in [2.05, 4.69) is 51.4 Å². The van der Waals surface area contributed by atoms with Gasteiger partial charge in [0.05, 0.1) is 6.54 Å². The van der Waals surface area contributed by atoms with Crippen molar-refractivity contribution >= 4 is 29.9 Å². The van der Waals surface area contributed by atoms with Gasteiger partial charge in [-0.1, -0.05) is 42.5 Å². The van der Waals surface area contributed by atoms with Gasteiger partial charge in [-0.3, -0.25) is 4.99 Å². The van der Waals surface area contributed by atoms with Crippen LogP contribution in [0.4, 0.5) is 4.39 Å². The average Bonchev–Trinajstić information content (AvgIpc) is 3.46. The number of imidazole rings is 1. The third-order valence-electron chi connectivity index (χ3n) is 5.81. The van der Waals surface area contributed by atoms with E-state index in [1.807, 2.05) is 24.5 Å². The molecule has 0 unspecified atom stereocenters. The Morgan fingerprint density at radius 1 is 1.12 bits per heavy atom. The number of benzene rings is 2. The third-order valence-corrected chi connectivity index (χ3v) is 5.81. The molecule has 32 heavy (non-hydrogen) atoms. The molecule has 0 saturated heterocycles. The number of guanidine groups is 1. The summed E-state index contributed by atoms with van der Waals surface area (Å²) >= 11 is 0. The quantitative estimate of drug-likeness (QED) is 0.236. The standard InChI is InChI=1S/C25H30FN5.HI/c1-2-27-24(30-19-25(12-13-25)21-9-6-10-22(26)17-21)29-14-11-23-28-15-16-31(23)18-20-7-4-3-5-8-20;/h3-10,15-17H,2,11-14,18-19H2,1H3,(H2,27,29,30);1H. The van der Waals surface area contributed by atoms with Gasteiger partial charge in [0.2, 0.25) is 0 Å². The van der Waals surface area contributed by atoms with Gasteiger partial charge in [0.25, 0.3) is 0 Å². The zero-order valence-electron chi connectivity index (χ0n) is 18.4. The summed E-state index contributed by atoms with van der Waals surface area (Å²) in [4.78, 5) is 9.33. The van der Waals surface area contributed by atoms with Gasteiger partial charge >= 0.3 is 0 Å². The fourth-order valence-electron chi connectivity index (χ4n) is 3.86. The summed E-state index contributed by atoms with van der Waals surface area (Å²) in [6.07, 6.45) is 6.79. The number of hydrogen-bond donors (Lipinski definition) is 2. The molecule has 170 valence electrons. The lowest BCUT2D eigenvalue weighted by atomic mass is 9.96. The van der Waals surface area contributed by atoms with Crippen molar-refractivity contribution in [2.24, 2.45) is 4.99 Å². The van der Waals surface area contributed by atoms with E-state index in [9.17, 15) is 4.39 Å². The van der Waals surface area contributed by atoms with Gasteiger partial charge < -0.3 is 15.2 Å². The fourth-order valence-corrected chi connectivity index (χ4v) is 3.86. The Hall–Kier alpha value is -2.42. The molecule has 0 radical (unpaired) electrons. The van der Waals surface area contributed by atoms with Gasteiger partial charge in [-0.05, 0) is 43.0 Å². The Labute approximate surface area is 206 Å². The molecule has 0 spiro atoms. The van der Waals surface area contributed by atoms with Crippen molar-refractivity contribution in [2.45, 2.75) is 38.1 Å². The zero-order valence-corrected chi connectivity index (χ0v) is 20.8. The minimum Gasteiger partial charge on any atom is -0.357 e. The van der Waals surface area contributed by atoms with Crippen LogP contribution in [0.2, 0.25) is 0 Å². The van der Waals surface area contributed by atoms with Gasteiger partial charge in [0, 0.05) is 43.9 Å². The van der Waals surface area contributed by atoms with Crippen molar-refractivity contribution in [2.75, 3.05) is 19.6 Å². The van der Waals surface area contributed by atoms with Crippen molar-refractivity contribution in [1.82, 2.24) is 20.2 Å². The molecule has 1 saturated carbocycles. The fraction of sp³-hybridized carbons (Fsp3) is 0.360. The molecule has 0 amide bonds. The number of aromatic nitrogens is 2. The van der Waals surface area contributed by atoms with E-state index >= 15 is 0 Å². The number of aliphatic imine (C=N–C) groups is 1. The van der Waals surface area contributed by atoms with E-state index in [0.717, 1.165) is 56.2 Å². The Morgan fingerprint density at radius 3 is 2.66 bits per heavy atom. The lowest BCUT2D eigenvalue weighted by molar-refractivity contribution is 0.615. The second-order valence-corrected chi connectivity index (χ2v) is 8.12. The summed E-state index contributed by atoms with van der Waals surface area (Å²) < 4.78 is 15.8. The van der Waals surface area contributed by atoms with Crippen LogP contribution in [-0.2, 0) is 18.4 Å². The van der Waals surface area contributed by atoms with E-state index in [4.69, 9.17) is 4.99 Å². The van der Waals surface area contributed by atoms with Crippen molar-refractivity contribution in [1.29, 1.82) is 0 Å². The van der Waals surface area contributed by atoms with E-state index in [1.165, 1.54) is 11.6 Å². The van der Waals surface area contributed by atoms with Gasteiger partial charge in [-0.15, -0.1) is 24.0 Å². The van der Waals surface area contributed by atoms with Gasteiger partial charge in [0.15, 0.2) is 5.96 Å². The summed E-state index contributed by atoms with van der Waals surface area (Å²) in [6, 6.07) is 17.4. The summed E-state index contributed by atoms with van der Waals surface area (Å²) in [7, 11) is 0. The smallest absolute Gasteiger partial charge is 0.191 e. The van der Waals surface area contributed by atoms with Crippen LogP contribution in [0.25, 0.3) is 0 Å². The van der Waals surface area contributed by atoms with E-state index in [-0.39, 0.29) is 35.2 Å². The molecule has 1 aromatic heterocycles. The molecule has 1 fully saturated rings. The average molecular weight is 547 g/mol. The van der Waals surface area contributed by atoms with Crippen LogP contribution >= 0.6 is 24.0 Å². The SMILES string of the molecule is CCNC(=NCC1(c2cccc(F)c2)CC1)NCCc1nccn1Cc1ccccc1.I. The van der Waals surface area contributed by atoms with Gasteiger partial charge in [-0.2, -0.15) is 0 Å². The van der Waals surface area contributed by atoms with Crippen molar-refractivity contribution in [3.05, 3.63) is 89.8 Å². The second-order valence-electron chi connectivity index (χ2n) is 8.12. The van der Waals surface area contributed by atoms with E-state index < -0.39 is 0 Å². The maximum atomic E-state index is 13.6. The Balaban J connectivity index is 0.00000289. The van der Waals surface area contributed by atoms with Gasteiger partial charge in [0.1, 0.15) is 11.6 Å². The number of nitrogens with one attached hydrogen (secondary N) is 2. The molecule has 2 N–H and O–H groups in total. The second kappa shape index (κ2) is 11.4. The highest BCUT2D eigenvalue weighted by atomic mass is 127. The van der Waals surface area contributed by atoms with Crippen molar-refractivity contribution in [3.8, 4) is 0 Å². The molecule has 0 atom stereocenters. The molecule has 4 rings (SSSR count). The maximum absolute atomic E-state index is 13.6. The van der Waals surface area contributed by atoms with Crippen LogP contribution in [0.1, 0.15) is 36.7 Å². The van der Waals surface area contributed by atoms with Crippen LogP contribution in [0.3, 0.4) is 0 Å². The first-order valence-corrected chi connectivity index (χ1v) is 11.0. The number of rotatable bonds is 9. The predicted octanol–water partition coefficient (Wildman–Crippen LogP) is 4.52. The van der Waals surface area contributed by atoms with Crippen molar-refractivity contribution in [3.63, 3.8) is 0 Å². The normalized spacial score (nSPS) is 14.5. The molecular weight excluding hydrogens is 516 g/mol. The highest BCUT2D eigenvalue weighted by molar-refractivity contribution is 14.0. The van der Waals surface area contributed by atoms with Crippen LogP contribution in [-0.4, -0.2) is 35.1 Å². The minimum absolute atomic E-state index is 0. The summed E-state index contributed by atoms with van der Waals surface area (Å²) in [5, 5.41) is 6.74. The van der Waals surface area contributed by atoms with Crippen LogP contribution in [0, 0.1) is 5.82 Å². The molecule has 1 heterocycles. The Morgan fingerprint density at radius 2 is 1.94 bits per heavy atom. The molecule has 1 aliphatic rings. The van der Waals surface area contributed by atoms with Gasteiger partial charge in [-0.25, -0.2) is 9.37 Å². The molecule has 1 aliphatic carbocycles. The number of hydrogen-bond acceptors (Lipinski definition) is 2. The number of halogens is 2. The highest BCUT2D eigenvalue weighted by Crippen LogP contribution is 2.48. The monoisotopic (exact) mass is 547 g/mol. The topological polar surface area (TPSA) is 54.2 Å². The molecule has 2 aromatic carbocycles. The Kier molecular flexibility index (Phi) is 8.67. The maximum Gasteiger partial charge on any atom is 0.191 e.